The molecule has 0 fully saturated rings. The van der Waals surface area contributed by atoms with Gasteiger partial charge < -0.3 is 19.4 Å². The molecule has 84 valence electrons. The Labute approximate surface area is 103 Å². The van der Waals surface area contributed by atoms with E-state index in [2.05, 4.69) is 0 Å². The van der Waals surface area contributed by atoms with Gasteiger partial charge in [0.15, 0.2) is 11.5 Å². The molecule has 0 saturated heterocycles. The lowest BCUT2D eigenvalue weighted by atomic mass is 10.2. The van der Waals surface area contributed by atoms with E-state index >= 15 is 0 Å². The number of ether oxygens (including phenoxy) is 1. The van der Waals surface area contributed by atoms with Gasteiger partial charge in [-0.2, -0.15) is 0 Å². The van der Waals surface area contributed by atoms with Crippen molar-refractivity contribution in [3.8, 4) is 17.2 Å². The molecule has 0 aliphatic carbocycles. The Bertz CT molecular complexity index is 617. The zero-order chi connectivity index (χ0) is 11.9. The summed E-state index contributed by atoms with van der Waals surface area (Å²) in [6.07, 6.45) is 1.28. The van der Waals surface area contributed by atoms with Gasteiger partial charge in [-0.3, -0.25) is 4.79 Å². The molecule has 2 N–H and O–H groups in total. The Morgan fingerprint density at radius 2 is 2.06 bits per heavy atom. The molecule has 0 unspecified atom stereocenters. The zero-order valence-electron chi connectivity index (χ0n) is 8.15. The van der Waals surface area contributed by atoms with Gasteiger partial charge in [0.2, 0.25) is 11.2 Å². The topological polar surface area (TPSA) is 79.9 Å². The van der Waals surface area contributed by atoms with Gasteiger partial charge in [0.05, 0.1) is 10.7 Å². The second-order valence-electron chi connectivity index (χ2n) is 3.06. The number of phenols is 2. The zero-order valence-corrected chi connectivity index (χ0v) is 10.3. The van der Waals surface area contributed by atoms with Crippen LogP contribution in [0.15, 0.2) is 21.5 Å². The van der Waals surface area contributed by atoms with Crippen LogP contribution in [0, 0.1) is 3.57 Å². The quantitative estimate of drug-likeness (QED) is 0.614. The van der Waals surface area contributed by atoms with E-state index in [0.29, 0.717) is 3.57 Å². The van der Waals surface area contributed by atoms with E-state index in [-0.39, 0.29) is 16.7 Å². The largest absolute Gasteiger partial charge is 0.504 e. The smallest absolute Gasteiger partial charge is 0.209 e. The lowest BCUT2D eigenvalue weighted by molar-refractivity contribution is 0.352. The summed E-state index contributed by atoms with van der Waals surface area (Å²) in [4.78, 5) is 11.7. The number of benzene rings is 1. The monoisotopic (exact) mass is 334 g/mol. The highest BCUT2D eigenvalue weighted by molar-refractivity contribution is 14.1. The van der Waals surface area contributed by atoms with Gasteiger partial charge >= 0.3 is 0 Å². The van der Waals surface area contributed by atoms with Gasteiger partial charge in [-0.05, 0) is 22.6 Å². The van der Waals surface area contributed by atoms with Crippen LogP contribution in [0.5, 0.6) is 17.2 Å². The molecule has 1 aromatic heterocycles. The van der Waals surface area contributed by atoms with Crippen LogP contribution in [0.25, 0.3) is 11.0 Å². The standard InChI is InChI=1S/C10H7IO5/c1-15-6-2-5-7(10(14)9(6)13)8(12)4(11)3-16-5/h2-3,13-14H,1H3. The molecule has 6 heteroatoms. The molecule has 2 rings (SSSR count). The Morgan fingerprint density at radius 1 is 1.38 bits per heavy atom. The predicted octanol–water partition coefficient (Wildman–Crippen LogP) is 1.82. The van der Waals surface area contributed by atoms with Gasteiger partial charge in [-0.15, -0.1) is 0 Å². The summed E-state index contributed by atoms with van der Waals surface area (Å²) in [5.41, 5.74) is -0.227. The first-order valence-corrected chi connectivity index (χ1v) is 5.34. The highest BCUT2D eigenvalue weighted by Crippen LogP contribution is 2.40. The number of phenolic OH excluding ortho intramolecular Hbond substituents is 2. The number of fused-ring (bicyclic) bond motifs is 1. The third-order valence-electron chi connectivity index (χ3n) is 2.16. The van der Waals surface area contributed by atoms with E-state index in [9.17, 15) is 15.0 Å². The van der Waals surface area contributed by atoms with E-state index in [1.165, 1.54) is 19.4 Å². The molecular formula is C10H7IO5. The highest BCUT2D eigenvalue weighted by atomic mass is 127. The minimum absolute atomic E-state index is 0.0503. The van der Waals surface area contributed by atoms with Crippen LogP contribution in [0.4, 0.5) is 0 Å². The van der Waals surface area contributed by atoms with Crippen molar-refractivity contribution in [1.82, 2.24) is 0 Å². The van der Waals surface area contributed by atoms with E-state index in [4.69, 9.17) is 9.15 Å². The second-order valence-corrected chi connectivity index (χ2v) is 4.22. The second kappa shape index (κ2) is 3.85. The Morgan fingerprint density at radius 3 is 2.69 bits per heavy atom. The molecular weight excluding hydrogens is 327 g/mol. The van der Waals surface area contributed by atoms with Crippen molar-refractivity contribution >= 4 is 33.6 Å². The Kier molecular flexibility index (Phi) is 2.66. The number of hydrogen-bond donors (Lipinski definition) is 2. The van der Waals surface area contributed by atoms with E-state index < -0.39 is 16.9 Å². The molecule has 0 aliphatic heterocycles. The van der Waals surface area contributed by atoms with Crippen LogP contribution >= 0.6 is 22.6 Å². The molecule has 1 aromatic carbocycles. The number of methoxy groups -OCH3 is 1. The van der Waals surface area contributed by atoms with E-state index in [1.807, 2.05) is 0 Å². The van der Waals surface area contributed by atoms with Crippen molar-refractivity contribution in [2.24, 2.45) is 0 Å². The maximum Gasteiger partial charge on any atom is 0.209 e. The molecule has 16 heavy (non-hydrogen) atoms. The van der Waals surface area contributed by atoms with Crippen LogP contribution in [-0.4, -0.2) is 17.3 Å². The first kappa shape index (κ1) is 11.1. The fraction of sp³-hybridized carbons (Fsp3) is 0.100. The molecule has 0 bridgehead atoms. The average Bonchev–Trinajstić information content (AvgIpc) is 2.28. The van der Waals surface area contributed by atoms with Crippen molar-refractivity contribution in [3.63, 3.8) is 0 Å². The Hall–Kier alpha value is -1.44. The first-order chi connectivity index (χ1) is 7.56. The fourth-order valence-electron chi connectivity index (χ4n) is 1.37. The Balaban J connectivity index is 2.99. The minimum Gasteiger partial charge on any atom is -0.504 e. The van der Waals surface area contributed by atoms with Crippen molar-refractivity contribution in [1.29, 1.82) is 0 Å². The van der Waals surface area contributed by atoms with Gasteiger partial charge in [0.1, 0.15) is 17.2 Å². The molecule has 0 spiro atoms. The third-order valence-corrected chi connectivity index (χ3v) is 2.90. The number of aromatic hydroxyl groups is 2. The highest BCUT2D eigenvalue weighted by Gasteiger charge is 2.17. The van der Waals surface area contributed by atoms with Crippen molar-refractivity contribution < 1.29 is 19.4 Å². The van der Waals surface area contributed by atoms with Crippen LogP contribution in [-0.2, 0) is 0 Å². The molecule has 0 aliphatic rings. The van der Waals surface area contributed by atoms with E-state index in [0.717, 1.165) is 0 Å². The maximum atomic E-state index is 11.7. The summed E-state index contributed by atoms with van der Waals surface area (Å²) < 4.78 is 10.3. The molecule has 5 nitrogen and oxygen atoms in total. The van der Waals surface area contributed by atoms with Gasteiger partial charge in [-0.25, -0.2) is 0 Å². The summed E-state index contributed by atoms with van der Waals surface area (Å²) >= 11 is 1.79. The lowest BCUT2D eigenvalue weighted by Crippen LogP contribution is -2.05. The average molecular weight is 334 g/mol. The summed E-state index contributed by atoms with van der Waals surface area (Å²) in [5, 5.41) is 19.2. The van der Waals surface area contributed by atoms with Gasteiger partial charge in [-0.1, -0.05) is 0 Å². The third kappa shape index (κ3) is 1.49. The molecule has 0 amide bonds. The molecule has 0 atom stereocenters. The molecule has 1 heterocycles. The van der Waals surface area contributed by atoms with E-state index in [1.54, 1.807) is 22.6 Å². The van der Waals surface area contributed by atoms with Crippen LogP contribution < -0.4 is 10.2 Å². The predicted molar refractivity (Wildman–Crippen MR) is 65.1 cm³/mol. The molecule has 0 radical (unpaired) electrons. The molecule has 2 aromatic rings. The number of halogens is 1. The summed E-state index contributed by atoms with van der Waals surface area (Å²) in [5.74, 6) is -0.944. The summed E-state index contributed by atoms with van der Waals surface area (Å²) in [6.45, 7) is 0. The van der Waals surface area contributed by atoms with Gasteiger partial charge in [0, 0.05) is 6.07 Å². The van der Waals surface area contributed by atoms with Crippen molar-refractivity contribution in [2.45, 2.75) is 0 Å². The lowest BCUT2D eigenvalue weighted by Gasteiger charge is -2.07. The summed E-state index contributed by atoms with van der Waals surface area (Å²) in [6, 6.07) is 1.35. The SMILES string of the molecule is COc1cc2occ(I)c(=O)c2c(O)c1O. The maximum absolute atomic E-state index is 11.7. The first-order valence-electron chi connectivity index (χ1n) is 4.26. The summed E-state index contributed by atoms with van der Waals surface area (Å²) in [7, 11) is 1.34. The van der Waals surface area contributed by atoms with Crippen LogP contribution in [0.3, 0.4) is 0 Å². The van der Waals surface area contributed by atoms with Crippen molar-refractivity contribution in [2.75, 3.05) is 7.11 Å². The number of hydrogen-bond acceptors (Lipinski definition) is 5. The normalized spacial score (nSPS) is 10.6. The van der Waals surface area contributed by atoms with Gasteiger partial charge in [0.25, 0.3) is 0 Å². The van der Waals surface area contributed by atoms with Crippen LogP contribution in [0.1, 0.15) is 0 Å². The van der Waals surface area contributed by atoms with Crippen molar-refractivity contribution in [3.05, 3.63) is 26.1 Å². The molecule has 0 saturated carbocycles. The van der Waals surface area contributed by atoms with Crippen LogP contribution in [0.2, 0.25) is 0 Å². The minimum atomic E-state index is -0.526. The number of rotatable bonds is 1. The fourth-order valence-corrected chi connectivity index (χ4v) is 1.76.